The smallest absolute Gasteiger partial charge is 0.235 e. The van der Waals surface area contributed by atoms with Crippen molar-refractivity contribution in [1.29, 1.82) is 5.26 Å². The summed E-state index contributed by atoms with van der Waals surface area (Å²) in [5.74, 6) is 1.53. The zero-order valence-electron chi connectivity index (χ0n) is 17.0. The minimum atomic E-state index is -0.130. The summed E-state index contributed by atoms with van der Waals surface area (Å²) in [5.41, 5.74) is 2.92. The van der Waals surface area contributed by atoms with Crippen molar-refractivity contribution in [3.05, 3.63) is 57.7 Å². The number of hydrogen-bond acceptors (Lipinski definition) is 6. The largest absolute Gasteiger partial charge is 0.316 e. The minimum Gasteiger partial charge on any atom is -0.316 e. The Bertz CT molecular complexity index is 1100. The number of benzene rings is 1. The van der Waals surface area contributed by atoms with Gasteiger partial charge in [0.15, 0.2) is 5.16 Å². The number of aromatic nitrogens is 3. The molecule has 1 aliphatic carbocycles. The molecule has 30 heavy (non-hydrogen) atoms. The predicted octanol–water partition coefficient (Wildman–Crippen LogP) is 4.42. The van der Waals surface area contributed by atoms with Crippen LogP contribution in [-0.2, 0) is 24.2 Å². The maximum atomic E-state index is 12.6. The van der Waals surface area contributed by atoms with E-state index in [1.807, 2.05) is 29.7 Å². The Balaban J connectivity index is 1.42. The van der Waals surface area contributed by atoms with Crippen LogP contribution in [0.15, 0.2) is 35.5 Å². The summed E-state index contributed by atoms with van der Waals surface area (Å²) in [4.78, 5) is 13.9. The maximum absolute atomic E-state index is 12.6. The van der Waals surface area contributed by atoms with E-state index in [1.54, 1.807) is 11.3 Å². The molecule has 3 aromatic rings. The summed E-state index contributed by atoms with van der Waals surface area (Å²) in [6.45, 7) is 4.81. The fourth-order valence-corrected chi connectivity index (χ4v) is 5.83. The van der Waals surface area contributed by atoms with Crippen molar-refractivity contribution in [1.82, 2.24) is 14.8 Å². The van der Waals surface area contributed by atoms with E-state index in [0.29, 0.717) is 28.2 Å². The van der Waals surface area contributed by atoms with Gasteiger partial charge in [-0.3, -0.25) is 4.79 Å². The van der Waals surface area contributed by atoms with Crippen molar-refractivity contribution < 1.29 is 4.79 Å². The van der Waals surface area contributed by atoms with Gasteiger partial charge in [-0.15, -0.1) is 21.5 Å². The number of aryl methyl sites for hydroxylation is 1. The van der Waals surface area contributed by atoms with Gasteiger partial charge >= 0.3 is 0 Å². The highest BCUT2D eigenvalue weighted by Gasteiger charge is 2.24. The Hall–Kier alpha value is -2.63. The summed E-state index contributed by atoms with van der Waals surface area (Å²) in [5, 5.41) is 22.4. The van der Waals surface area contributed by atoms with E-state index in [0.717, 1.165) is 36.2 Å². The van der Waals surface area contributed by atoms with Crippen LogP contribution in [0, 0.1) is 24.2 Å². The van der Waals surface area contributed by atoms with Crippen LogP contribution in [-0.4, -0.2) is 26.4 Å². The highest BCUT2D eigenvalue weighted by atomic mass is 32.2. The second-order valence-corrected chi connectivity index (χ2v) is 9.65. The molecule has 1 aromatic carbocycles. The van der Waals surface area contributed by atoms with Crippen molar-refractivity contribution in [3.8, 4) is 6.07 Å². The lowest BCUT2D eigenvalue weighted by Gasteiger charge is -2.17. The molecule has 0 radical (unpaired) electrons. The van der Waals surface area contributed by atoms with Gasteiger partial charge in [-0.1, -0.05) is 49.0 Å². The first-order valence-corrected chi connectivity index (χ1v) is 11.8. The summed E-state index contributed by atoms with van der Waals surface area (Å²) in [6, 6.07) is 12.4. The molecule has 6 nitrogen and oxygen atoms in total. The second kappa shape index (κ2) is 9.02. The van der Waals surface area contributed by atoms with Gasteiger partial charge in [-0.05, 0) is 43.2 Å². The fraction of sp³-hybridized carbons (Fsp3) is 0.364. The standard InChI is InChI=1S/C22H23N5OS2/c1-14-8-9-17-18(11-23)21(30-19(17)10-14)24-20(28)13-29-22-26-25-15(2)27(22)12-16-6-4-3-5-7-16/h3-7,14H,8-10,12-13H2,1-2H3,(H,24,28)/t14-/m0/s1. The number of hydrogen-bond donors (Lipinski definition) is 1. The van der Waals surface area contributed by atoms with Crippen molar-refractivity contribution in [2.75, 3.05) is 11.1 Å². The molecule has 0 aliphatic heterocycles. The summed E-state index contributed by atoms with van der Waals surface area (Å²) >= 11 is 2.91. The van der Waals surface area contributed by atoms with Crippen molar-refractivity contribution >= 4 is 34.0 Å². The lowest BCUT2D eigenvalue weighted by atomic mass is 9.89. The van der Waals surface area contributed by atoms with Gasteiger partial charge in [-0.2, -0.15) is 5.26 Å². The van der Waals surface area contributed by atoms with Crippen molar-refractivity contribution in [3.63, 3.8) is 0 Å². The highest BCUT2D eigenvalue weighted by molar-refractivity contribution is 7.99. The Labute approximate surface area is 184 Å². The Morgan fingerprint density at radius 3 is 2.93 bits per heavy atom. The zero-order chi connectivity index (χ0) is 21.1. The van der Waals surface area contributed by atoms with Gasteiger partial charge in [0.1, 0.15) is 16.9 Å². The van der Waals surface area contributed by atoms with Crippen LogP contribution in [0.2, 0.25) is 0 Å². The molecule has 1 N–H and O–H groups in total. The van der Waals surface area contributed by atoms with Gasteiger partial charge in [0.05, 0.1) is 17.9 Å². The van der Waals surface area contributed by atoms with E-state index in [9.17, 15) is 10.1 Å². The number of nitrogens with zero attached hydrogens (tertiary/aromatic N) is 4. The SMILES string of the molecule is Cc1nnc(SCC(=O)Nc2sc3c(c2C#N)CC[C@H](C)C3)n1Cc1ccccc1. The normalized spacial score (nSPS) is 15.4. The van der Waals surface area contributed by atoms with E-state index < -0.39 is 0 Å². The Morgan fingerprint density at radius 2 is 2.17 bits per heavy atom. The number of rotatable bonds is 6. The minimum absolute atomic E-state index is 0.130. The number of anilines is 1. The average molecular weight is 438 g/mol. The van der Waals surface area contributed by atoms with Gasteiger partial charge in [0.2, 0.25) is 5.91 Å². The van der Waals surface area contributed by atoms with Gasteiger partial charge < -0.3 is 9.88 Å². The molecule has 0 spiro atoms. The predicted molar refractivity (Wildman–Crippen MR) is 120 cm³/mol. The monoisotopic (exact) mass is 437 g/mol. The van der Waals surface area contributed by atoms with E-state index in [4.69, 9.17) is 0 Å². The molecule has 1 aliphatic rings. The number of fused-ring (bicyclic) bond motifs is 1. The molecule has 0 saturated carbocycles. The highest BCUT2D eigenvalue weighted by Crippen LogP contribution is 2.39. The number of amides is 1. The lowest BCUT2D eigenvalue weighted by Crippen LogP contribution is -2.15. The van der Waals surface area contributed by atoms with E-state index in [-0.39, 0.29) is 11.7 Å². The number of thioether (sulfide) groups is 1. The third-order valence-electron chi connectivity index (χ3n) is 5.29. The van der Waals surface area contributed by atoms with Crippen LogP contribution < -0.4 is 5.32 Å². The number of thiophene rings is 1. The molecule has 8 heteroatoms. The molecule has 4 rings (SSSR count). The molecule has 0 unspecified atom stereocenters. The number of carbonyl (C=O) groups excluding carboxylic acids is 1. The molecule has 0 bridgehead atoms. The van der Waals surface area contributed by atoms with Crippen LogP contribution in [0.1, 0.15) is 40.7 Å². The Kier molecular flexibility index (Phi) is 6.21. The number of nitrogens with one attached hydrogen (secondary N) is 1. The first-order valence-electron chi connectivity index (χ1n) is 9.96. The third kappa shape index (κ3) is 4.42. The molecular weight excluding hydrogens is 414 g/mol. The average Bonchev–Trinajstić information content (AvgIpc) is 3.26. The van der Waals surface area contributed by atoms with Gasteiger partial charge in [-0.25, -0.2) is 0 Å². The van der Waals surface area contributed by atoms with E-state index >= 15 is 0 Å². The maximum Gasteiger partial charge on any atom is 0.235 e. The molecule has 0 fully saturated rings. The third-order valence-corrected chi connectivity index (χ3v) is 7.43. The van der Waals surface area contributed by atoms with Crippen LogP contribution in [0.5, 0.6) is 0 Å². The topological polar surface area (TPSA) is 83.6 Å². The summed E-state index contributed by atoms with van der Waals surface area (Å²) in [6.07, 6.45) is 3.00. The van der Waals surface area contributed by atoms with E-state index in [1.165, 1.54) is 16.6 Å². The van der Waals surface area contributed by atoms with Crippen LogP contribution in [0.4, 0.5) is 5.00 Å². The molecule has 2 aromatic heterocycles. The lowest BCUT2D eigenvalue weighted by molar-refractivity contribution is -0.113. The molecule has 2 heterocycles. The van der Waals surface area contributed by atoms with Crippen LogP contribution in [0.3, 0.4) is 0 Å². The second-order valence-electron chi connectivity index (χ2n) is 7.61. The summed E-state index contributed by atoms with van der Waals surface area (Å²) in [7, 11) is 0. The van der Waals surface area contributed by atoms with E-state index in [2.05, 4.69) is 40.6 Å². The number of carbonyl (C=O) groups is 1. The quantitative estimate of drug-likeness (QED) is 0.577. The number of nitriles is 1. The van der Waals surface area contributed by atoms with Crippen LogP contribution >= 0.6 is 23.1 Å². The first-order chi connectivity index (χ1) is 14.5. The van der Waals surface area contributed by atoms with Crippen molar-refractivity contribution in [2.24, 2.45) is 5.92 Å². The summed E-state index contributed by atoms with van der Waals surface area (Å²) < 4.78 is 2.01. The first kappa shape index (κ1) is 20.6. The molecule has 1 atom stereocenters. The fourth-order valence-electron chi connectivity index (χ4n) is 3.67. The van der Waals surface area contributed by atoms with Gasteiger partial charge in [0, 0.05) is 4.88 Å². The van der Waals surface area contributed by atoms with Crippen LogP contribution in [0.25, 0.3) is 0 Å². The zero-order valence-corrected chi connectivity index (χ0v) is 18.6. The molecule has 0 saturated heterocycles. The molecule has 154 valence electrons. The Morgan fingerprint density at radius 1 is 1.37 bits per heavy atom. The van der Waals surface area contributed by atoms with Crippen molar-refractivity contribution in [2.45, 2.75) is 44.8 Å². The molecule has 1 amide bonds. The molecular formula is C22H23N5OS2. The van der Waals surface area contributed by atoms with Gasteiger partial charge in [0.25, 0.3) is 0 Å².